The van der Waals surface area contributed by atoms with E-state index in [9.17, 15) is 5.11 Å². The van der Waals surface area contributed by atoms with Crippen molar-refractivity contribution in [2.24, 2.45) is 16.7 Å². The lowest BCUT2D eigenvalue weighted by atomic mass is 9.70. The van der Waals surface area contributed by atoms with Crippen LogP contribution in [0.5, 0.6) is 0 Å². The number of aliphatic hydroxyl groups is 1. The third-order valence-electron chi connectivity index (χ3n) is 4.67. The molecular weight excluding hydrogens is 168 g/mol. The van der Waals surface area contributed by atoms with E-state index in [0.717, 1.165) is 18.1 Å². The Hall–Kier alpha value is 0.310. The number of hydrogen-bond donors (Lipinski definition) is 2. The first-order valence-electron chi connectivity index (χ1n) is 4.83. The van der Waals surface area contributed by atoms with Crippen LogP contribution >= 0.6 is 12.6 Å². The van der Waals surface area contributed by atoms with Crippen molar-refractivity contribution in [2.45, 2.75) is 39.2 Å². The number of rotatable bonds is 1. The summed E-state index contributed by atoms with van der Waals surface area (Å²) in [6.45, 7) is 4.61. The number of aliphatic hydroxyl groups excluding tert-OH is 1. The first-order valence-corrected chi connectivity index (χ1v) is 5.47. The van der Waals surface area contributed by atoms with E-state index in [1.54, 1.807) is 0 Å². The van der Waals surface area contributed by atoms with Gasteiger partial charge in [0.1, 0.15) is 0 Å². The van der Waals surface area contributed by atoms with Crippen molar-refractivity contribution < 1.29 is 5.11 Å². The summed E-state index contributed by atoms with van der Waals surface area (Å²) in [5, 5.41) is 9.96. The van der Waals surface area contributed by atoms with Crippen molar-refractivity contribution in [3.8, 4) is 0 Å². The average Bonchev–Trinajstić information content (AvgIpc) is 2.36. The van der Waals surface area contributed by atoms with Crippen LogP contribution in [0.4, 0.5) is 0 Å². The molecule has 0 aromatic rings. The first kappa shape index (κ1) is 8.89. The lowest BCUT2D eigenvalue weighted by molar-refractivity contribution is 0.0171. The van der Waals surface area contributed by atoms with E-state index in [0.29, 0.717) is 5.41 Å². The molecule has 2 bridgehead atoms. The van der Waals surface area contributed by atoms with Crippen molar-refractivity contribution >= 4 is 12.6 Å². The maximum absolute atomic E-state index is 9.96. The monoisotopic (exact) mass is 186 g/mol. The molecule has 0 radical (unpaired) electrons. The van der Waals surface area contributed by atoms with Crippen LogP contribution < -0.4 is 0 Å². The van der Waals surface area contributed by atoms with Crippen molar-refractivity contribution in [1.29, 1.82) is 0 Å². The molecule has 1 nitrogen and oxygen atoms in total. The van der Waals surface area contributed by atoms with E-state index < -0.39 is 0 Å². The van der Waals surface area contributed by atoms with Crippen LogP contribution in [0, 0.1) is 16.7 Å². The minimum Gasteiger partial charge on any atom is -0.392 e. The second-order valence-corrected chi connectivity index (χ2v) is 5.34. The maximum Gasteiger partial charge on any atom is 0.0612 e. The largest absolute Gasteiger partial charge is 0.392 e. The summed E-state index contributed by atoms with van der Waals surface area (Å²) in [4.78, 5) is 0. The van der Waals surface area contributed by atoms with E-state index in [1.807, 2.05) is 0 Å². The van der Waals surface area contributed by atoms with E-state index in [4.69, 9.17) is 0 Å². The molecule has 0 unspecified atom stereocenters. The molecule has 0 saturated heterocycles. The summed E-state index contributed by atoms with van der Waals surface area (Å²) in [6.07, 6.45) is 3.39. The number of thiol groups is 1. The van der Waals surface area contributed by atoms with Gasteiger partial charge in [0.05, 0.1) is 6.10 Å². The predicted octanol–water partition coefficient (Wildman–Crippen LogP) is 2.10. The lowest BCUT2D eigenvalue weighted by Gasteiger charge is -2.39. The molecule has 2 rings (SSSR count). The quantitative estimate of drug-likeness (QED) is 0.601. The standard InChI is InChI=1S/C10H18OS/c1-9(2)7-3-4-10(9,6-12)8(11)5-7/h7-8,11-12H,3-6H2,1-2H3/t7-,8+,10+/m1/s1. The van der Waals surface area contributed by atoms with E-state index >= 15 is 0 Å². The van der Waals surface area contributed by atoms with Crippen LogP contribution in [0.1, 0.15) is 33.1 Å². The zero-order valence-corrected chi connectivity index (χ0v) is 8.77. The van der Waals surface area contributed by atoms with Crippen molar-refractivity contribution in [2.75, 3.05) is 5.75 Å². The van der Waals surface area contributed by atoms with Gasteiger partial charge in [0.25, 0.3) is 0 Å². The summed E-state index contributed by atoms with van der Waals surface area (Å²) in [5.41, 5.74) is 0.439. The van der Waals surface area contributed by atoms with Gasteiger partial charge in [-0.15, -0.1) is 0 Å². The van der Waals surface area contributed by atoms with Gasteiger partial charge in [-0.3, -0.25) is 0 Å². The number of hydrogen-bond acceptors (Lipinski definition) is 2. The van der Waals surface area contributed by atoms with Crippen LogP contribution in [0.3, 0.4) is 0 Å². The SMILES string of the molecule is CC1(C)[C@@H]2CC[C@]1(CS)[C@@H](O)C2. The normalized spacial score (nSPS) is 50.0. The minimum atomic E-state index is -0.0938. The third-order valence-corrected chi connectivity index (χ3v) is 5.23. The van der Waals surface area contributed by atoms with Gasteiger partial charge >= 0.3 is 0 Å². The molecule has 2 aliphatic rings. The van der Waals surface area contributed by atoms with Crippen LogP contribution in [-0.4, -0.2) is 17.0 Å². The highest BCUT2D eigenvalue weighted by molar-refractivity contribution is 7.80. The Morgan fingerprint density at radius 1 is 1.50 bits per heavy atom. The molecule has 12 heavy (non-hydrogen) atoms. The molecule has 0 aliphatic heterocycles. The Balaban J connectivity index is 2.39. The maximum atomic E-state index is 9.96. The predicted molar refractivity (Wildman–Crippen MR) is 53.4 cm³/mol. The minimum absolute atomic E-state index is 0.0938. The molecule has 2 saturated carbocycles. The van der Waals surface area contributed by atoms with Gasteiger partial charge < -0.3 is 5.11 Å². The fraction of sp³-hybridized carbons (Fsp3) is 1.00. The summed E-state index contributed by atoms with van der Waals surface area (Å²) in [7, 11) is 0. The van der Waals surface area contributed by atoms with Crippen LogP contribution in [0.2, 0.25) is 0 Å². The summed E-state index contributed by atoms with van der Waals surface area (Å²) < 4.78 is 0. The van der Waals surface area contributed by atoms with E-state index in [2.05, 4.69) is 26.5 Å². The molecule has 0 heterocycles. The molecular formula is C10H18OS. The van der Waals surface area contributed by atoms with Crippen molar-refractivity contribution in [1.82, 2.24) is 0 Å². The van der Waals surface area contributed by atoms with Gasteiger partial charge in [-0.25, -0.2) is 0 Å². The van der Waals surface area contributed by atoms with Crippen LogP contribution in [-0.2, 0) is 0 Å². The molecule has 0 aromatic heterocycles. The Morgan fingerprint density at radius 2 is 2.17 bits per heavy atom. The van der Waals surface area contributed by atoms with E-state index in [1.165, 1.54) is 12.8 Å². The Bertz CT molecular complexity index is 202. The Morgan fingerprint density at radius 3 is 2.42 bits per heavy atom. The summed E-state index contributed by atoms with van der Waals surface area (Å²) >= 11 is 4.42. The van der Waals surface area contributed by atoms with Gasteiger partial charge in [-0.05, 0) is 36.3 Å². The molecule has 3 atom stereocenters. The topological polar surface area (TPSA) is 20.2 Å². The smallest absolute Gasteiger partial charge is 0.0612 e. The highest BCUT2D eigenvalue weighted by atomic mass is 32.1. The van der Waals surface area contributed by atoms with Crippen LogP contribution in [0.25, 0.3) is 0 Å². The zero-order chi connectivity index (χ0) is 8.98. The molecule has 0 amide bonds. The van der Waals surface area contributed by atoms with E-state index in [-0.39, 0.29) is 11.5 Å². The molecule has 0 aromatic carbocycles. The molecule has 2 fully saturated rings. The molecule has 2 heteroatoms. The molecule has 0 spiro atoms. The van der Waals surface area contributed by atoms with Gasteiger partial charge in [0.15, 0.2) is 0 Å². The first-order chi connectivity index (χ1) is 5.54. The Labute approximate surface area is 80.0 Å². The zero-order valence-electron chi connectivity index (χ0n) is 7.88. The van der Waals surface area contributed by atoms with Gasteiger partial charge in [0, 0.05) is 5.41 Å². The van der Waals surface area contributed by atoms with Crippen LogP contribution in [0.15, 0.2) is 0 Å². The second kappa shape index (κ2) is 2.42. The summed E-state index contributed by atoms with van der Waals surface area (Å²) in [5.74, 6) is 1.58. The molecule has 1 N–H and O–H groups in total. The van der Waals surface area contributed by atoms with Crippen molar-refractivity contribution in [3.05, 3.63) is 0 Å². The number of fused-ring (bicyclic) bond motifs is 2. The third kappa shape index (κ3) is 0.759. The fourth-order valence-corrected chi connectivity index (χ4v) is 4.19. The Kier molecular flexibility index (Phi) is 1.79. The van der Waals surface area contributed by atoms with Crippen molar-refractivity contribution in [3.63, 3.8) is 0 Å². The fourth-order valence-electron chi connectivity index (χ4n) is 3.41. The average molecular weight is 186 g/mol. The highest BCUT2D eigenvalue weighted by Gasteiger charge is 2.62. The highest BCUT2D eigenvalue weighted by Crippen LogP contribution is 2.65. The second-order valence-electron chi connectivity index (χ2n) is 5.02. The molecule has 2 aliphatic carbocycles. The van der Waals surface area contributed by atoms with Gasteiger partial charge in [-0.2, -0.15) is 12.6 Å². The lowest BCUT2D eigenvalue weighted by Crippen LogP contribution is -2.40. The molecule has 70 valence electrons. The van der Waals surface area contributed by atoms with Gasteiger partial charge in [-0.1, -0.05) is 13.8 Å². The van der Waals surface area contributed by atoms with Gasteiger partial charge in [0.2, 0.25) is 0 Å². The summed E-state index contributed by atoms with van der Waals surface area (Å²) in [6, 6.07) is 0.